The van der Waals surface area contributed by atoms with Crippen molar-refractivity contribution in [3.63, 3.8) is 0 Å². The second kappa shape index (κ2) is 7.59. The first kappa shape index (κ1) is 16.0. The van der Waals surface area contributed by atoms with E-state index in [-0.39, 0.29) is 17.8 Å². The molecular weight excluding hydrogens is 280 g/mol. The lowest BCUT2D eigenvalue weighted by Crippen LogP contribution is -2.10. The Balaban J connectivity index is 2.22. The van der Waals surface area contributed by atoms with Crippen LogP contribution in [0.15, 0.2) is 45.8 Å². The van der Waals surface area contributed by atoms with E-state index in [2.05, 4.69) is 6.92 Å². The molecule has 116 valence electrons. The summed E-state index contributed by atoms with van der Waals surface area (Å²) in [5.74, 6) is -0.698. The predicted molar refractivity (Wildman–Crippen MR) is 85.0 cm³/mol. The van der Waals surface area contributed by atoms with Crippen molar-refractivity contribution in [1.29, 1.82) is 0 Å². The molecule has 2 rings (SSSR count). The number of aryl methyl sites for hydroxylation is 1. The number of hydrogen-bond acceptors (Lipinski definition) is 4. The molecule has 0 fully saturated rings. The molecule has 0 saturated carbocycles. The van der Waals surface area contributed by atoms with E-state index in [1.54, 1.807) is 6.92 Å². The summed E-state index contributed by atoms with van der Waals surface area (Å²) in [7, 11) is 0. The smallest absolute Gasteiger partial charge is 0.374 e. The highest BCUT2D eigenvalue weighted by molar-refractivity contribution is 5.86. The summed E-state index contributed by atoms with van der Waals surface area (Å²) in [6.07, 6.45) is 4.65. The number of rotatable bonds is 6. The number of hydrogen-bond donors (Lipinski definition) is 0. The summed E-state index contributed by atoms with van der Waals surface area (Å²) in [6, 6.07) is 9.02. The molecule has 0 amide bonds. The predicted octanol–water partition coefficient (Wildman–Crippen LogP) is 3.83. The molecule has 4 nitrogen and oxygen atoms in total. The van der Waals surface area contributed by atoms with Crippen LogP contribution in [-0.4, -0.2) is 12.6 Å². The fraction of sp³-hybridized carbons (Fsp3) is 0.333. The summed E-state index contributed by atoms with van der Waals surface area (Å²) in [5.41, 5.74) is 2.22. The van der Waals surface area contributed by atoms with Gasteiger partial charge in [0.05, 0.1) is 12.2 Å². The number of carbonyl (C=O) groups is 1. The Hall–Kier alpha value is -2.36. The molecular formula is C18H20O4. The molecule has 0 unspecified atom stereocenters. The second-order valence-corrected chi connectivity index (χ2v) is 5.04. The fourth-order valence-electron chi connectivity index (χ4n) is 2.16. The van der Waals surface area contributed by atoms with E-state index in [4.69, 9.17) is 9.15 Å². The van der Waals surface area contributed by atoms with Crippen LogP contribution in [0, 0.1) is 0 Å². The second-order valence-electron chi connectivity index (χ2n) is 5.04. The molecule has 4 heteroatoms. The number of ether oxygens (including phenoxy) is 1. The molecule has 1 aromatic heterocycles. The molecule has 0 saturated heterocycles. The van der Waals surface area contributed by atoms with Crippen LogP contribution in [0.1, 0.15) is 42.8 Å². The lowest BCUT2D eigenvalue weighted by Gasteiger charge is -2.05. The van der Waals surface area contributed by atoms with Crippen molar-refractivity contribution in [1.82, 2.24) is 0 Å². The van der Waals surface area contributed by atoms with Crippen LogP contribution in [-0.2, 0) is 11.2 Å². The third kappa shape index (κ3) is 3.85. The van der Waals surface area contributed by atoms with E-state index in [0.717, 1.165) is 24.8 Å². The van der Waals surface area contributed by atoms with Crippen LogP contribution in [0.2, 0.25) is 0 Å². The van der Waals surface area contributed by atoms with E-state index in [1.165, 1.54) is 17.9 Å². The average molecular weight is 300 g/mol. The molecule has 0 bridgehead atoms. The summed E-state index contributed by atoms with van der Waals surface area (Å²) < 4.78 is 10.0. The maximum Gasteiger partial charge on any atom is 0.374 e. The quantitative estimate of drug-likeness (QED) is 0.761. The van der Waals surface area contributed by atoms with Crippen LogP contribution in [0.25, 0.3) is 11.1 Å². The van der Waals surface area contributed by atoms with Crippen molar-refractivity contribution in [2.45, 2.75) is 33.1 Å². The van der Waals surface area contributed by atoms with E-state index in [1.807, 2.05) is 24.3 Å². The van der Waals surface area contributed by atoms with E-state index < -0.39 is 5.97 Å². The van der Waals surface area contributed by atoms with Crippen LogP contribution in [0.3, 0.4) is 0 Å². The zero-order valence-electron chi connectivity index (χ0n) is 12.9. The van der Waals surface area contributed by atoms with E-state index in [9.17, 15) is 9.59 Å². The van der Waals surface area contributed by atoms with Gasteiger partial charge in [-0.2, -0.15) is 0 Å². The maximum absolute atomic E-state index is 12.1. The largest absolute Gasteiger partial charge is 0.460 e. The van der Waals surface area contributed by atoms with Gasteiger partial charge in [-0.25, -0.2) is 4.79 Å². The average Bonchev–Trinajstić information content (AvgIpc) is 2.53. The molecule has 0 aliphatic rings. The van der Waals surface area contributed by atoms with Gasteiger partial charge in [-0.05, 0) is 30.9 Å². The van der Waals surface area contributed by atoms with Crippen molar-refractivity contribution < 1.29 is 13.9 Å². The summed E-state index contributed by atoms with van der Waals surface area (Å²) in [6.45, 7) is 4.10. The zero-order valence-corrected chi connectivity index (χ0v) is 12.9. The van der Waals surface area contributed by atoms with Gasteiger partial charge in [0.1, 0.15) is 6.26 Å². The number of esters is 1. The highest BCUT2D eigenvalue weighted by Crippen LogP contribution is 2.18. The minimum Gasteiger partial charge on any atom is -0.460 e. The lowest BCUT2D eigenvalue weighted by atomic mass is 10.0. The molecule has 2 aromatic rings. The van der Waals surface area contributed by atoms with Gasteiger partial charge in [0.2, 0.25) is 5.76 Å². The topological polar surface area (TPSA) is 56.5 Å². The lowest BCUT2D eigenvalue weighted by molar-refractivity contribution is 0.0487. The highest BCUT2D eigenvalue weighted by atomic mass is 16.5. The highest BCUT2D eigenvalue weighted by Gasteiger charge is 2.13. The minimum absolute atomic E-state index is 0.0739. The van der Waals surface area contributed by atoms with Crippen molar-refractivity contribution in [3.8, 4) is 11.1 Å². The van der Waals surface area contributed by atoms with Crippen molar-refractivity contribution in [3.05, 3.63) is 58.1 Å². The standard InChI is InChI=1S/C18H20O4/c1-3-5-6-13-7-9-14(10-8-13)15-12-22-17(11-16(15)19)18(20)21-4-2/h7-12H,3-6H2,1-2H3. The SMILES string of the molecule is CCCCc1ccc(-c2coc(C(=O)OCC)cc2=O)cc1. The van der Waals surface area contributed by atoms with Gasteiger partial charge in [0.15, 0.2) is 5.43 Å². The first-order chi connectivity index (χ1) is 10.7. The monoisotopic (exact) mass is 300 g/mol. The number of benzene rings is 1. The fourth-order valence-corrected chi connectivity index (χ4v) is 2.16. The summed E-state index contributed by atoms with van der Waals surface area (Å²) in [5, 5.41) is 0. The van der Waals surface area contributed by atoms with Gasteiger partial charge in [0, 0.05) is 6.07 Å². The molecule has 0 aliphatic heterocycles. The maximum atomic E-state index is 12.1. The molecule has 0 spiro atoms. The molecule has 1 heterocycles. The van der Waals surface area contributed by atoms with Crippen molar-refractivity contribution in [2.75, 3.05) is 6.61 Å². The molecule has 0 radical (unpaired) electrons. The van der Waals surface area contributed by atoms with Crippen molar-refractivity contribution >= 4 is 5.97 Å². The Morgan fingerprint density at radius 2 is 1.91 bits per heavy atom. The Kier molecular flexibility index (Phi) is 5.53. The number of unbranched alkanes of at least 4 members (excludes halogenated alkanes) is 1. The van der Waals surface area contributed by atoms with Crippen LogP contribution < -0.4 is 5.43 Å². The molecule has 22 heavy (non-hydrogen) atoms. The van der Waals surface area contributed by atoms with E-state index in [0.29, 0.717) is 5.56 Å². The third-order valence-corrected chi connectivity index (χ3v) is 3.39. The van der Waals surface area contributed by atoms with Gasteiger partial charge < -0.3 is 9.15 Å². The van der Waals surface area contributed by atoms with Gasteiger partial charge in [-0.3, -0.25) is 4.79 Å². The minimum atomic E-state index is -0.624. The van der Waals surface area contributed by atoms with Gasteiger partial charge >= 0.3 is 5.97 Å². The van der Waals surface area contributed by atoms with Crippen LogP contribution in [0.4, 0.5) is 0 Å². The Labute approximate surface area is 129 Å². The Morgan fingerprint density at radius 1 is 1.18 bits per heavy atom. The third-order valence-electron chi connectivity index (χ3n) is 3.39. The summed E-state index contributed by atoms with van der Waals surface area (Å²) >= 11 is 0. The Bertz CT molecular complexity index is 683. The van der Waals surface area contributed by atoms with E-state index >= 15 is 0 Å². The molecule has 0 aliphatic carbocycles. The first-order valence-corrected chi connectivity index (χ1v) is 7.55. The van der Waals surface area contributed by atoms with Crippen LogP contribution in [0.5, 0.6) is 0 Å². The number of carbonyl (C=O) groups excluding carboxylic acids is 1. The van der Waals surface area contributed by atoms with Gasteiger partial charge in [0.25, 0.3) is 0 Å². The van der Waals surface area contributed by atoms with Crippen molar-refractivity contribution in [2.24, 2.45) is 0 Å². The van der Waals surface area contributed by atoms with Crippen LogP contribution >= 0.6 is 0 Å². The normalized spacial score (nSPS) is 10.5. The first-order valence-electron chi connectivity index (χ1n) is 7.55. The molecule has 0 N–H and O–H groups in total. The molecule has 1 aromatic carbocycles. The molecule has 0 atom stereocenters. The summed E-state index contributed by atoms with van der Waals surface area (Å²) in [4.78, 5) is 23.7. The zero-order chi connectivity index (χ0) is 15.9. The van der Waals surface area contributed by atoms with Gasteiger partial charge in [-0.1, -0.05) is 37.6 Å². The van der Waals surface area contributed by atoms with Gasteiger partial charge in [-0.15, -0.1) is 0 Å². The Morgan fingerprint density at radius 3 is 2.50 bits per heavy atom.